The van der Waals surface area contributed by atoms with Crippen LogP contribution in [0.5, 0.6) is 0 Å². The van der Waals surface area contributed by atoms with Gasteiger partial charge in [-0.25, -0.2) is 4.39 Å². The number of Topliss-reactive ketones (excluding diaryl/α,β-unsaturated/α-hetero) is 2. The molecule has 6 nitrogen and oxygen atoms in total. The van der Waals surface area contributed by atoms with Gasteiger partial charge in [0.1, 0.15) is 17.5 Å². The van der Waals surface area contributed by atoms with Crippen LogP contribution < -0.4 is 5.32 Å². The minimum absolute atomic E-state index is 0.119. The number of rotatable bonds is 2. The largest absolute Gasteiger partial charge is 0.397 e. The van der Waals surface area contributed by atoms with Crippen LogP contribution in [0.15, 0.2) is 72.3 Å². The first-order valence-corrected chi connectivity index (χ1v) is 12.9. The van der Waals surface area contributed by atoms with Crippen molar-refractivity contribution in [2.45, 2.75) is 32.1 Å². The molecule has 2 aliphatic carbocycles. The quantitative estimate of drug-likeness (QED) is 0.366. The van der Waals surface area contributed by atoms with Crippen LogP contribution >= 0.6 is 0 Å². The predicted octanol–water partition coefficient (Wildman–Crippen LogP) is 4.94. The number of halogens is 1. The molecule has 1 aliphatic heterocycles. The van der Waals surface area contributed by atoms with Gasteiger partial charge >= 0.3 is 0 Å². The molecule has 39 heavy (non-hydrogen) atoms. The molecule has 0 saturated heterocycles. The van der Waals surface area contributed by atoms with Crippen molar-refractivity contribution in [3.63, 3.8) is 0 Å². The number of nitriles is 1. The monoisotopic (exact) mass is 522 g/mol. The Hall–Kier alpha value is -4.41. The standard InChI is InChI=1S/C30H21FN2O3.C2H6O/c1-16-6-8-18(9-7-16)27(34)26-21-12-10-17-4-2-3-5-20(17)25(21)22(15-32)28(35)30(26)23-14-19(31)11-13-24(23)33-29(30)36;1-2-3/h2-9,11,13-14,21,26H,10,12H2,1H3,(H,33,36);3H,2H2,1H3/t21-,26-,30+;/m1./s1. The van der Waals surface area contributed by atoms with E-state index in [9.17, 15) is 24.0 Å². The lowest BCUT2D eigenvalue weighted by atomic mass is 9.52. The molecular weight excluding hydrogens is 495 g/mol. The molecule has 3 atom stereocenters. The van der Waals surface area contributed by atoms with Crippen molar-refractivity contribution in [3.8, 4) is 6.07 Å². The van der Waals surface area contributed by atoms with Crippen molar-refractivity contribution in [2.75, 3.05) is 11.9 Å². The Labute approximate surface area is 225 Å². The number of fused-ring (bicyclic) bond motifs is 5. The Balaban J connectivity index is 0.000000983. The zero-order valence-corrected chi connectivity index (χ0v) is 21.6. The van der Waals surface area contributed by atoms with E-state index in [1.165, 1.54) is 12.1 Å². The van der Waals surface area contributed by atoms with Gasteiger partial charge in [0.25, 0.3) is 0 Å². The van der Waals surface area contributed by atoms with Crippen molar-refractivity contribution in [1.82, 2.24) is 0 Å². The number of aliphatic hydroxyl groups excluding tert-OH is 1. The summed E-state index contributed by atoms with van der Waals surface area (Å²) in [6.45, 7) is 3.83. The van der Waals surface area contributed by atoms with Crippen LogP contribution in [0.2, 0.25) is 0 Å². The number of hydrogen-bond donors (Lipinski definition) is 2. The SMILES string of the molecule is CCO.Cc1ccc(C(=O)[C@H]2[C@@H]3CCc4ccccc4C3=C(C#N)C(=O)[C@@]23C(=O)Nc2ccc(F)cc23)cc1. The highest BCUT2D eigenvalue weighted by molar-refractivity contribution is 6.32. The molecule has 0 bridgehead atoms. The number of aliphatic hydroxyl groups is 1. The maximum absolute atomic E-state index is 14.5. The highest BCUT2D eigenvalue weighted by atomic mass is 19.1. The molecule has 3 aliphatic rings. The molecule has 3 aromatic carbocycles. The molecule has 0 saturated carbocycles. The highest BCUT2D eigenvalue weighted by Gasteiger charge is 2.66. The first-order valence-electron chi connectivity index (χ1n) is 12.9. The summed E-state index contributed by atoms with van der Waals surface area (Å²) in [7, 11) is 0. The molecule has 7 heteroatoms. The number of carbonyl (C=O) groups excluding carboxylic acids is 3. The molecule has 0 unspecified atom stereocenters. The minimum atomic E-state index is -2.02. The fourth-order valence-corrected chi connectivity index (χ4v) is 6.29. The first kappa shape index (κ1) is 26.2. The average Bonchev–Trinajstić information content (AvgIpc) is 3.21. The summed E-state index contributed by atoms with van der Waals surface area (Å²) in [6, 6.07) is 20.3. The summed E-state index contributed by atoms with van der Waals surface area (Å²) in [4.78, 5) is 42.4. The van der Waals surface area contributed by atoms with Crippen LogP contribution in [0.3, 0.4) is 0 Å². The minimum Gasteiger partial charge on any atom is -0.397 e. The Morgan fingerprint density at radius 2 is 1.82 bits per heavy atom. The summed E-state index contributed by atoms with van der Waals surface area (Å²) < 4.78 is 14.5. The van der Waals surface area contributed by atoms with E-state index in [4.69, 9.17) is 5.11 Å². The topological polar surface area (TPSA) is 107 Å². The third-order valence-corrected chi connectivity index (χ3v) is 7.87. The maximum atomic E-state index is 14.5. The number of aryl methyl sites for hydroxylation is 2. The van der Waals surface area contributed by atoms with Gasteiger partial charge in [-0.2, -0.15) is 5.26 Å². The van der Waals surface area contributed by atoms with Gasteiger partial charge in [-0.1, -0.05) is 54.1 Å². The van der Waals surface area contributed by atoms with Gasteiger partial charge in [0.05, 0.1) is 5.92 Å². The maximum Gasteiger partial charge on any atom is 0.243 e. The fourth-order valence-electron chi connectivity index (χ4n) is 6.29. The van der Waals surface area contributed by atoms with E-state index in [0.717, 1.165) is 22.8 Å². The van der Waals surface area contributed by atoms with Gasteiger partial charge < -0.3 is 10.4 Å². The molecule has 1 heterocycles. The zero-order chi connectivity index (χ0) is 27.9. The van der Waals surface area contributed by atoms with Crippen molar-refractivity contribution in [1.29, 1.82) is 5.26 Å². The molecule has 6 rings (SSSR count). The Morgan fingerprint density at radius 3 is 2.51 bits per heavy atom. The van der Waals surface area contributed by atoms with Crippen LogP contribution in [0.1, 0.15) is 46.0 Å². The molecule has 196 valence electrons. The number of nitrogens with one attached hydrogen (secondary N) is 1. The van der Waals surface area contributed by atoms with Gasteiger partial charge in [-0.15, -0.1) is 0 Å². The molecule has 0 fully saturated rings. The summed E-state index contributed by atoms with van der Waals surface area (Å²) in [5.74, 6) is -4.13. The van der Waals surface area contributed by atoms with Gasteiger partial charge in [0, 0.05) is 23.4 Å². The summed E-state index contributed by atoms with van der Waals surface area (Å²) in [5, 5.41) is 20.5. The summed E-state index contributed by atoms with van der Waals surface area (Å²) in [6.07, 6.45) is 1.11. The van der Waals surface area contributed by atoms with Crippen LogP contribution in [-0.2, 0) is 21.4 Å². The zero-order valence-electron chi connectivity index (χ0n) is 21.6. The first-order chi connectivity index (χ1) is 18.8. The number of amides is 1. The molecule has 0 aromatic heterocycles. The second-order valence-corrected chi connectivity index (χ2v) is 10.0. The average molecular weight is 523 g/mol. The fraction of sp³-hybridized carbons (Fsp3) is 0.250. The highest BCUT2D eigenvalue weighted by Crippen LogP contribution is 2.57. The number of anilines is 1. The Kier molecular flexibility index (Phi) is 6.75. The number of nitrogens with zero attached hydrogens (tertiary/aromatic N) is 1. The Morgan fingerprint density at radius 1 is 1.13 bits per heavy atom. The molecule has 0 radical (unpaired) electrons. The van der Waals surface area contributed by atoms with E-state index in [-0.39, 0.29) is 29.2 Å². The molecule has 1 spiro atoms. The second kappa shape index (κ2) is 10.0. The smallest absolute Gasteiger partial charge is 0.243 e. The molecule has 2 N–H and O–H groups in total. The van der Waals surface area contributed by atoms with E-state index in [1.54, 1.807) is 31.2 Å². The second-order valence-electron chi connectivity index (χ2n) is 10.0. The van der Waals surface area contributed by atoms with Gasteiger partial charge in [-0.3, -0.25) is 14.4 Å². The third-order valence-electron chi connectivity index (χ3n) is 7.87. The van der Waals surface area contributed by atoms with Gasteiger partial charge in [0.2, 0.25) is 5.91 Å². The van der Waals surface area contributed by atoms with Crippen molar-refractivity contribution >= 4 is 28.7 Å². The van der Waals surface area contributed by atoms with Crippen molar-refractivity contribution in [3.05, 3.63) is 106 Å². The van der Waals surface area contributed by atoms with Crippen LogP contribution in [0, 0.1) is 35.9 Å². The number of ketones is 2. The normalized spacial score (nSPS) is 22.6. The lowest BCUT2D eigenvalue weighted by Gasteiger charge is -2.45. The Bertz CT molecular complexity index is 1580. The van der Waals surface area contributed by atoms with Crippen LogP contribution in [0.4, 0.5) is 10.1 Å². The van der Waals surface area contributed by atoms with Crippen LogP contribution in [-0.4, -0.2) is 29.2 Å². The van der Waals surface area contributed by atoms with Gasteiger partial charge in [0.15, 0.2) is 17.0 Å². The van der Waals surface area contributed by atoms with E-state index >= 15 is 0 Å². The number of hydrogen-bond acceptors (Lipinski definition) is 5. The molecule has 1 amide bonds. The summed E-state index contributed by atoms with van der Waals surface area (Å²) in [5.41, 5.74) is 1.84. The van der Waals surface area contributed by atoms with E-state index in [0.29, 0.717) is 24.0 Å². The van der Waals surface area contributed by atoms with E-state index in [1.807, 2.05) is 31.2 Å². The number of allylic oxidation sites excluding steroid dienone is 2. The van der Waals surface area contributed by atoms with Crippen LogP contribution in [0.25, 0.3) is 5.57 Å². The third kappa shape index (κ3) is 3.91. The van der Waals surface area contributed by atoms with E-state index < -0.39 is 34.8 Å². The van der Waals surface area contributed by atoms with Gasteiger partial charge in [-0.05, 0) is 67.5 Å². The molecular formula is C32H27FN2O4. The number of carbonyl (C=O) groups is 3. The summed E-state index contributed by atoms with van der Waals surface area (Å²) >= 11 is 0. The lowest BCUT2D eigenvalue weighted by Crippen LogP contribution is -2.58. The van der Waals surface area contributed by atoms with E-state index in [2.05, 4.69) is 11.4 Å². The number of benzene rings is 3. The van der Waals surface area contributed by atoms with Crippen molar-refractivity contribution in [2.24, 2.45) is 11.8 Å². The molecule has 3 aromatic rings. The predicted molar refractivity (Wildman–Crippen MR) is 144 cm³/mol. The lowest BCUT2D eigenvalue weighted by molar-refractivity contribution is -0.133. The van der Waals surface area contributed by atoms with Crippen molar-refractivity contribution < 1.29 is 23.9 Å².